The number of aromatic carboxylic acids is 5. The number of carbonyl (C=O) groups is 8. The number of nitrogens with zero attached hydrogens (tertiary/aromatic N) is 15. The van der Waals surface area contributed by atoms with Crippen molar-refractivity contribution in [2.75, 3.05) is 0 Å². The molecule has 21 rings (SSSR count). The minimum Gasteiger partial charge on any atom is -1.00 e. The van der Waals surface area contributed by atoms with Gasteiger partial charge >= 0.3 is 213 Å². The van der Waals surface area contributed by atoms with E-state index in [-0.39, 0.29) is 270 Å². The Hall–Kier alpha value is -10.4. The average molecular weight is 2300 g/mol. The molecule has 686 valence electrons. The van der Waals surface area contributed by atoms with Crippen LogP contribution in [0.25, 0.3) is 142 Å². The van der Waals surface area contributed by atoms with Crippen LogP contribution in [-0.2, 0) is 111 Å². The first-order valence-corrected chi connectivity index (χ1v) is 38.6. The van der Waals surface area contributed by atoms with Crippen LogP contribution in [0.4, 0.5) is 13.2 Å². The molecule has 0 saturated heterocycles. The maximum atomic E-state index is 12.4. The van der Waals surface area contributed by atoms with Gasteiger partial charge in [0.15, 0.2) is 5.69 Å². The summed E-state index contributed by atoms with van der Waals surface area (Å²) in [6, 6.07) is 71.6. The molecule has 0 aliphatic carbocycles. The number of pyridine rings is 7. The number of hydrogen-bond acceptors (Lipinski definition) is 22. The third-order valence-electron chi connectivity index (χ3n) is 20.5. The number of halogens is 3. The second-order valence-electron chi connectivity index (χ2n) is 28.2. The van der Waals surface area contributed by atoms with Crippen LogP contribution < -0.4 is 193 Å². The largest absolute Gasteiger partial charge is 1.00 e. The summed E-state index contributed by atoms with van der Waals surface area (Å²) in [7, 11) is 9.76. The quantitative estimate of drug-likeness (QED) is 0.0229. The van der Waals surface area contributed by atoms with Crippen molar-refractivity contribution in [2.24, 2.45) is 35.2 Å². The Morgan fingerprint density at radius 2 is 0.647 bits per heavy atom. The van der Waals surface area contributed by atoms with Crippen LogP contribution in [-0.4, -0.2) is 147 Å². The van der Waals surface area contributed by atoms with Crippen LogP contribution in [0, 0.1) is 26.0 Å². The number of rotatable bonds is 9. The second kappa shape index (κ2) is 55.7. The molecule has 14 aromatic heterocycles. The fourth-order valence-corrected chi connectivity index (χ4v) is 14.7. The number of carboxylic acids is 5. The number of hydrogen-bond donors (Lipinski definition) is 5. The molecule has 0 aliphatic heterocycles. The van der Waals surface area contributed by atoms with E-state index in [4.69, 9.17) is 55.7 Å². The van der Waals surface area contributed by atoms with E-state index >= 15 is 0 Å². The standard InChI is InChI=1S/C15H10N3.5C13H10N2O2.C11H8F3N2.3CH2O3.2Ir.6Na.3H/c1-10-9-18-13-7-3-2-5-11(13)14-12(15(18)17-10)6-4-8-16-14;5*1-15-11-5-3-2-4-8(11)9-6-10(13(16)17)14-7-12(9)15;1-8-7-10(11(12,13)14)15-16(8)9-5-3-2-4-6-9;3*2-1-4-3;;;;;;;;;;;/h2-5,7-9H,1H3;5*2-7H,1H3,(H,16,17);2-5,7H,1H3;3*1,3H;;;;;;;;;;;/q-1;;;;;;-1;;;;;;6*+1;3*-1/p-3. The molecule has 14 heterocycles. The number of aryl methyl sites for hydroxylation is 7. The van der Waals surface area contributed by atoms with Crippen molar-refractivity contribution in [3.63, 3.8) is 0 Å². The SMILES string of the molecule is Cc1cc(C(F)(F)F)nn1-c1[c-]cccc1.Cc1cn2c3ccccc3c3ncc[c-]c3c2n1.Cn1c2ccccc2c2cc(C(=O)O)ncc21.Cn1c2ccccc2c2cc(C(=O)O)ncc21.Cn1c2ccccc2c2cc(C(=O)O)ncc21.Cn1c2ccccc2c2cc(C(=O)O)ncc21.Cn1c2ccccc2c2cc(C(=O)O)ncc21.O=CO[O-].O=CO[O-].O=CO[O-].[H-].[H-].[H-].[Ir].[Ir].[Na+].[Na+].[Na+].[Na+].[Na+].[Na+]. The summed E-state index contributed by atoms with van der Waals surface area (Å²) in [6.45, 7) is 3.03. The molecule has 0 amide bonds. The van der Waals surface area contributed by atoms with E-state index in [9.17, 15) is 37.1 Å². The summed E-state index contributed by atoms with van der Waals surface area (Å²) in [5.74, 6) is -5.00. The zero-order valence-electron chi connectivity index (χ0n) is 79.4. The van der Waals surface area contributed by atoms with Crippen LogP contribution in [0.3, 0.4) is 0 Å². The van der Waals surface area contributed by atoms with Gasteiger partial charge in [0.2, 0.25) is 0 Å². The van der Waals surface area contributed by atoms with Gasteiger partial charge in [-0.15, -0.1) is 18.2 Å². The zero-order chi connectivity index (χ0) is 94.1. The minimum absolute atomic E-state index is 0. The van der Waals surface area contributed by atoms with Crippen LogP contribution in [0.2, 0.25) is 0 Å². The average Bonchev–Trinajstić information content (AvgIpc) is 1.55. The van der Waals surface area contributed by atoms with E-state index in [0.29, 0.717) is 11.4 Å². The van der Waals surface area contributed by atoms with Crippen LogP contribution in [0.15, 0.2) is 256 Å². The molecule has 0 fully saturated rings. The van der Waals surface area contributed by atoms with E-state index in [0.717, 1.165) is 148 Å². The molecule has 5 N–H and O–H groups in total. The van der Waals surface area contributed by atoms with Crippen LogP contribution >= 0.6 is 0 Å². The first kappa shape index (κ1) is 121. The van der Waals surface area contributed by atoms with Gasteiger partial charge in [-0.05, 0) is 103 Å². The van der Waals surface area contributed by atoms with E-state index in [2.05, 4.69) is 89.5 Å². The fraction of sp³-hybridized carbons (Fsp3) is 0.0851. The monoisotopic (exact) mass is 2300 g/mol. The van der Waals surface area contributed by atoms with Gasteiger partial charge in [0.05, 0.1) is 64.2 Å². The van der Waals surface area contributed by atoms with E-state index < -0.39 is 41.7 Å². The van der Waals surface area contributed by atoms with Gasteiger partial charge in [0.25, 0.3) is 19.4 Å². The van der Waals surface area contributed by atoms with Crippen molar-refractivity contribution in [2.45, 2.75) is 20.0 Å². The predicted molar refractivity (Wildman–Crippen MR) is 474 cm³/mol. The van der Waals surface area contributed by atoms with Gasteiger partial charge in [0.1, 0.15) is 28.5 Å². The molecular weight excluding hydrogens is 2220 g/mol. The van der Waals surface area contributed by atoms with Gasteiger partial charge in [0, 0.05) is 180 Å². The number of aromatic nitrogens is 15. The van der Waals surface area contributed by atoms with Gasteiger partial charge in [-0.2, -0.15) is 42.5 Å². The van der Waals surface area contributed by atoms with Crippen molar-refractivity contribution in [1.82, 2.24) is 71.9 Å². The summed E-state index contributed by atoms with van der Waals surface area (Å²) in [6.07, 6.45) is 7.47. The Balaban J connectivity index is 0.000000802. The van der Waals surface area contributed by atoms with Gasteiger partial charge in [-0.25, -0.2) is 48.9 Å². The molecule has 7 aromatic carbocycles. The minimum atomic E-state index is -4.41. The Morgan fingerprint density at radius 1 is 0.374 bits per heavy atom. The molecule has 139 heavy (non-hydrogen) atoms. The summed E-state index contributed by atoms with van der Waals surface area (Å²) in [5, 5.41) is 85.6. The Kier molecular flexibility index (Phi) is 48.4. The van der Waals surface area contributed by atoms with Gasteiger partial charge in [-0.3, -0.25) is 24.0 Å². The van der Waals surface area contributed by atoms with E-state index in [1.54, 1.807) is 98.7 Å². The predicted octanol–water partition coefficient (Wildman–Crippen LogP) is -4.07. The normalized spacial score (nSPS) is 10.1. The Labute approximate surface area is 949 Å². The molecule has 2 radical (unpaired) electrons. The Morgan fingerprint density at radius 3 is 0.906 bits per heavy atom. The molecular formula is C94H74F3Ir2N15Na6O19-2. The van der Waals surface area contributed by atoms with Crippen molar-refractivity contribution in [3.8, 4) is 5.69 Å². The van der Waals surface area contributed by atoms with Gasteiger partial charge in [-0.1, -0.05) is 121 Å². The smallest absolute Gasteiger partial charge is 1.00 e. The number of alkyl halides is 3. The van der Waals surface area contributed by atoms with Crippen LogP contribution in [0.1, 0.15) is 73.8 Å². The van der Waals surface area contributed by atoms with Crippen molar-refractivity contribution < 1.29 is 329 Å². The first-order chi connectivity index (χ1) is 63.0. The summed E-state index contributed by atoms with van der Waals surface area (Å²) in [4.78, 5) is 117. The first-order valence-electron chi connectivity index (χ1n) is 38.6. The molecule has 45 heteroatoms. The van der Waals surface area contributed by atoms with E-state index in [1.165, 1.54) is 4.68 Å². The van der Waals surface area contributed by atoms with Gasteiger partial charge < -0.3 is 92.5 Å². The number of carboxylic acid groups (broad SMARTS) is 5. The van der Waals surface area contributed by atoms with Crippen molar-refractivity contribution in [1.29, 1.82) is 0 Å². The maximum Gasteiger partial charge on any atom is 1.00 e. The Bertz CT molecular complexity index is 7100. The molecule has 0 bridgehead atoms. The second-order valence-corrected chi connectivity index (χ2v) is 28.2. The van der Waals surface area contributed by atoms with E-state index in [1.807, 2.05) is 205 Å². The number of carbonyl (C=O) groups excluding carboxylic acids is 3. The molecule has 0 saturated carbocycles. The molecule has 21 aromatic rings. The topological polar surface area (TPSA) is 472 Å². The number of benzene rings is 7. The fourth-order valence-electron chi connectivity index (χ4n) is 14.7. The third kappa shape index (κ3) is 27.9. The summed E-state index contributed by atoms with van der Waals surface area (Å²) < 4.78 is 50.7. The number of imidazole rings is 1. The summed E-state index contributed by atoms with van der Waals surface area (Å²) in [5.41, 5.74) is 14.5. The number of fused-ring (bicyclic) bond motifs is 21. The van der Waals surface area contributed by atoms with Crippen molar-refractivity contribution in [3.05, 3.63) is 313 Å². The molecule has 34 nitrogen and oxygen atoms in total. The zero-order valence-corrected chi connectivity index (χ0v) is 93.2. The third-order valence-corrected chi connectivity index (χ3v) is 20.5. The summed E-state index contributed by atoms with van der Waals surface area (Å²) >= 11 is 0. The molecule has 0 spiro atoms. The van der Waals surface area contributed by atoms with Crippen molar-refractivity contribution >= 4 is 186 Å². The molecule has 0 atom stereocenters. The molecule has 0 aliphatic rings. The van der Waals surface area contributed by atoms with Crippen LogP contribution in [0.5, 0.6) is 0 Å². The molecule has 0 unspecified atom stereocenters. The maximum absolute atomic E-state index is 12.4. The number of para-hydroxylation sites is 7.